The van der Waals surface area contributed by atoms with Crippen molar-refractivity contribution in [1.29, 1.82) is 0 Å². The molecule has 0 saturated carbocycles. The fourth-order valence-electron chi connectivity index (χ4n) is 5.15. The molecule has 0 spiro atoms. The van der Waals surface area contributed by atoms with Crippen LogP contribution in [0, 0.1) is 17.3 Å². The standard InChI is InChI=1S/C20H30N2O2/c1-14-5-4-6-20(2)12-18-15(11-17(14)20)16(19(23)24-18)13-22-9-7-21(3)8-10-22/h5,11,15-16,18H,4,6-10,12-13H2,1-3H3. The van der Waals surface area contributed by atoms with Gasteiger partial charge in [-0.2, -0.15) is 0 Å². The smallest absolute Gasteiger partial charge is 0.311 e. The number of piperazine rings is 1. The van der Waals surface area contributed by atoms with Gasteiger partial charge in [0.1, 0.15) is 6.10 Å². The summed E-state index contributed by atoms with van der Waals surface area (Å²) < 4.78 is 5.85. The maximum atomic E-state index is 12.6. The lowest BCUT2D eigenvalue weighted by molar-refractivity contribution is -0.145. The van der Waals surface area contributed by atoms with E-state index in [1.165, 1.54) is 17.6 Å². The van der Waals surface area contributed by atoms with Crippen LogP contribution >= 0.6 is 0 Å². The zero-order valence-electron chi connectivity index (χ0n) is 15.3. The van der Waals surface area contributed by atoms with Gasteiger partial charge in [0.15, 0.2) is 0 Å². The number of likely N-dealkylation sites (N-methyl/N-ethyl adjacent to an activating group) is 1. The molecule has 2 heterocycles. The normalized spacial score (nSPS) is 40.5. The quantitative estimate of drug-likeness (QED) is 0.728. The number of esters is 1. The highest BCUT2D eigenvalue weighted by molar-refractivity contribution is 5.76. The van der Waals surface area contributed by atoms with Gasteiger partial charge in [0, 0.05) is 38.6 Å². The van der Waals surface area contributed by atoms with E-state index in [4.69, 9.17) is 4.74 Å². The highest BCUT2D eigenvalue weighted by Crippen LogP contribution is 2.52. The molecule has 4 rings (SSSR count). The summed E-state index contributed by atoms with van der Waals surface area (Å²) in [6.45, 7) is 9.75. The first-order valence-corrected chi connectivity index (χ1v) is 9.47. The minimum atomic E-state index is 0.0187. The molecule has 0 bridgehead atoms. The summed E-state index contributed by atoms with van der Waals surface area (Å²) in [5.41, 5.74) is 3.10. The van der Waals surface area contributed by atoms with Crippen LogP contribution in [0.2, 0.25) is 0 Å². The summed E-state index contributed by atoms with van der Waals surface area (Å²) in [6.07, 6.45) is 8.19. The van der Waals surface area contributed by atoms with Gasteiger partial charge in [-0.15, -0.1) is 0 Å². The van der Waals surface area contributed by atoms with Gasteiger partial charge in [-0.05, 0) is 44.2 Å². The molecule has 4 aliphatic rings. The minimum absolute atomic E-state index is 0.0187. The highest BCUT2D eigenvalue weighted by Gasteiger charge is 2.51. The van der Waals surface area contributed by atoms with Gasteiger partial charge in [0.25, 0.3) is 0 Å². The Labute approximate surface area is 145 Å². The van der Waals surface area contributed by atoms with Gasteiger partial charge >= 0.3 is 5.97 Å². The maximum Gasteiger partial charge on any atom is 0.311 e. The number of hydrogen-bond donors (Lipinski definition) is 0. The third kappa shape index (κ3) is 2.74. The third-order valence-corrected chi connectivity index (χ3v) is 6.75. The molecule has 4 nitrogen and oxygen atoms in total. The van der Waals surface area contributed by atoms with Gasteiger partial charge in [-0.25, -0.2) is 0 Å². The maximum absolute atomic E-state index is 12.6. The van der Waals surface area contributed by atoms with Crippen molar-refractivity contribution in [3.8, 4) is 0 Å². The summed E-state index contributed by atoms with van der Waals surface area (Å²) in [5, 5.41) is 0. The number of hydrogen-bond acceptors (Lipinski definition) is 4. The molecular formula is C20H30N2O2. The number of allylic oxidation sites excluding steroid dienone is 3. The highest BCUT2D eigenvalue weighted by atomic mass is 16.6. The van der Waals surface area contributed by atoms with E-state index in [-0.39, 0.29) is 29.3 Å². The average molecular weight is 330 g/mol. The van der Waals surface area contributed by atoms with E-state index in [1.807, 2.05) is 0 Å². The summed E-state index contributed by atoms with van der Waals surface area (Å²) in [4.78, 5) is 17.4. The molecular weight excluding hydrogens is 300 g/mol. The van der Waals surface area contributed by atoms with Crippen LogP contribution in [0.5, 0.6) is 0 Å². The largest absolute Gasteiger partial charge is 0.461 e. The van der Waals surface area contributed by atoms with Gasteiger partial charge in [0.2, 0.25) is 0 Å². The molecule has 2 saturated heterocycles. The SMILES string of the molecule is CC1=CCCC2(C)CC3OC(=O)C(CN4CCN(C)CC4)C3C=C12. The fourth-order valence-corrected chi connectivity index (χ4v) is 5.15. The Morgan fingerprint density at radius 3 is 2.79 bits per heavy atom. The first-order valence-electron chi connectivity index (χ1n) is 9.47. The second-order valence-electron chi connectivity index (χ2n) is 8.53. The Morgan fingerprint density at radius 1 is 1.29 bits per heavy atom. The molecule has 4 heteroatoms. The van der Waals surface area contributed by atoms with Crippen molar-refractivity contribution in [2.24, 2.45) is 17.3 Å². The van der Waals surface area contributed by atoms with E-state index >= 15 is 0 Å². The predicted octanol–water partition coefficient (Wildman–Crippen LogP) is 2.47. The first kappa shape index (κ1) is 16.3. The van der Waals surface area contributed by atoms with Crippen molar-refractivity contribution in [3.63, 3.8) is 0 Å². The van der Waals surface area contributed by atoms with Gasteiger partial charge in [-0.3, -0.25) is 9.69 Å². The van der Waals surface area contributed by atoms with Crippen LogP contribution < -0.4 is 0 Å². The molecule has 0 amide bonds. The number of carbonyl (C=O) groups is 1. The lowest BCUT2D eigenvalue weighted by atomic mass is 9.62. The van der Waals surface area contributed by atoms with E-state index in [2.05, 4.69) is 42.8 Å². The molecule has 4 unspecified atom stereocenters. The molecule has 2 aliphatic heterocycles. The second-order valence-corrected chi connectivity index (χ2v) is 8.53. The van der Waals surface area contributed by atoms with E-state index in [9.17, 15) is 4.79 Å². The topological polar surface area (TPSA) is 32.8 Å². The van der Waals surface area contributed by atoms with Crippen LogP contribution in [0.15, 0.2) is 23.3 Å². The van der Waals surface area contributed by atoms with Crippen LogP contribution in [0.4, 0.5) is 0 Å². The summed E-state index contributed by atoms with van der Waals surface area (Å²) in [5.74, 6) is 0.316. The van der Waals surface area contributed by atoms with Crippen molar-refractivity contribution in [2.45, 2.75) is 39.2 Å². The van der Waals surface area contributed by atoms with E-state index in [0.717, 1.165) is 45.6 Å². The summed E-state index contributed by atoms with van der Waals surface area (Å²) >= 11 is 0. The van der Waals surface area contributed by atoms with E-state index < -0.39 is 0 Å². The minimum Gasteiger partial charge on any atom is -0.461 e. The van der Waals surface area contributed by atoms with Crippen LogP contribution in [-0.4, -0.2) is 61.6 Å². The fraction of sp³-hybridized carbons (Fsp3) is 0.750. The lowest BCUT2D eigenvalue weighted by Crippen LogP contribution is -2.47. The third-order valence-electron chi connectivity index (χ3n) is 6.75. The summed E-state index contributed by atoms with van der Waals surface area (Å²) in [7, 11) is 2.17. The zero-order valence-corrected chi connectivity index (χ0v) is 15.3. The molecule has 132 valence electrons. The number of carbonyl (C=O) groups excluding carboxylic acids is 1. The number of rotatable bonds is 2. The van der Waals surface area contributed by atoms with Crippen molar-refractivity contribution in [3.05, 3.63) is 23.3 Å². The second kappa shape index (κ2) is 5.99. The monoisotopic (exact) mass is 330 g/mol. The van der Waals surface area contributed by atoms with E-state index in [1.54, 1.807) is 0 Å². The van der Waals surface area contributed by atoms with Crippen molar-refractivity contribution in [1.82, 2.24) is 9.80 Å². The van der Waals surface area contributed by atoms with Gasteiger partial charge in [-0.1, -0.05) is 24.6 Å². The Kier molecular flexibility index (Phi) is 4.08. The van der Waals surface area contributed by atoms with Crippen LogP contribution in [0.25, 0.3) is 0 Å². The Hall–Kier alpha value is -1.13. The summed E-state index contributed by atoms with van der Waals surface area (Å²) in [6, 6.07) is 0. The van der Waals surface area contributed by atoms with Crippen LogP contribution in [-0.2, 0) is 9.53 Å². The van der Waals surface area contributed by atoms with Gasteiger partial charge < -0.3 is 9.64 Å². The molecule has 24 heavy (non-hydrogen) atoms. The molecule has 2 fully saturated rings. The molecule has 0 N–H and O–H groups in total. The van der Waals surface area contributed by atoms with Crippen molar-refractivity contribution < 1.29 is 9.53 Å². The Balaban J connectivity index is 1.55. The molecule has 2 aliphatic carbocycles. The van der Waals surface area contributed by atoms with Crippen molar-refractivity contribution >= 4 is 5.97 Å². The number of fused-ring (bicyclic) bond motifs is 2. The number of ether oxygens (including phenoxy) is 1. The van der Waals surface area contributed by atoms with Crippen LogP contribution in [0.3, 0.4) is 0 Å². The van der Waals surface area contributed by atoms with Crippen molar-refractivity contribution in [2.75, 3.05) is 39.8 Å². The molecule has 0 aromatic heterocycles. The van der Waals surface area contributed by atoms with Gasteiger partial charge in [0.05, 0.1) is 5.92 Å². The number of nitrogens with zero attached hydrogens (tertiary/aromatic N) is 2. The van der Waals surface area contributed by atoms with E-state index in [0.29, 0.717) is 0 Å². The lowest BCUT2D eigenvalue weighted by Gasteiger charge is -2.43. The Bertz CT molecular complexity index is 588. The van der Waals surface area contributed by atoms with Crippen LogP contribution in [0.1, 0.15) is 33.1 Å². The molecule has 0 aromatic rings. The Morgan fingerprint density at radius 2 is 2.04 bits per heavy atom. The predicted molar refractivity (Wildman–Crippen MR) is 94.6 cm³/mol. The average Bonchev–Trinajstić information content (AvgIpc) is 2.82. The molecule has 0 aromatic carbocycles. The molecule has 0 radical (unpaired) electrons. The zero-order chi connectivity index (χ0) is 16.9. The first-order chi connectivity index (χ1) is 11.5. The molecule has 4 atom stereocenters.